The van der Waals surface area contributed by atoms with Crippen LogP contribution in [0.2, 0.25) is 0 Å². The van der Waals surface area contributed by atoms with Gasteiger partial charge in [-0.2, -0.15) is 11.8 Å². The summed E-state index contributed by atoms with van der Waals surface area (Å²) in [6, 6.07) is 0.193. The van der Waals surface area contributed by atoms with E-state index < -0.39 is 0 Å². The summed E-state index contributed by atoms with van der Waals surface area (Å²) >= 11 is 2.02. The van der Waals surface area contributed by atoms with Gasteiger partial charge < -0.3 is 9.47 Å². The molecule has 2 aliphatic heterocycles. The number of rotatable bonds is 6. The molecular formula is C15H30N2O2S. The molecule has 0 radical (unpaired) electrons. The van der Waals surface area contributed by atoms with Crippen LogP contribution in [0.4, 0.5) is 0 Å². The third-order valence-electron chi connectivity index (χ3n) is 5.08. The first-order valence-corrected chi connectivity index (χ1v) is 9.06. The van der Waals surface area contributed by atoms with Crippen molar-refractivity contribution in [2.45, 2.75) is 63.7 Å². The second-order valence-electron chi connectivity index (χ2n) is 6.33. The first-order valence-electron chi connectivity index (χ1n) is 7.91. The number of ether oxygens (including phenoxy) is 2. The number of hydrogen-bond acceptors (Lipinski definition) is 5. The van der Waals surface area contributed by atoms with Gasteiger partial charge in [-0.15, -0.1) is 0 Å². The maximum absolute atomic E-state index is 6.13. The molecule has 0 aromatic rings. The smallest absolute Gasteiger partial charge is 0.0820 e. The zero-order valence-electron chi connectivity index (χ0n) is 13.1. The zero-order valence-corrected chi connectivity index (χ0v) is 13.9. The van der Waals surface area contributed by atoms with Gasteiger partial charge in [0.05, 0.1) is 17.2 Å². The first kappa shape index (κ1) is 16.6. The Balaban J connectivity index is 2.10. The van der Waals surface area contributed by atoms with Crippen LogP contribution >= 0.6 is 11.8 Å². The Morgan fingerprint density at radius 1 is 1.55 bits per heavy atom. The second-order valence-corrected chi connectivity index (χ2v) is 7.44. The lowest BCUT2D eigenvalue weighted by Crippen LogP contribution is -2.59. The summed E-state index contributed by atoms with van der Waals surface area (Å²) in [5.74, 6) is 8.80. The van der Waals surface area contributed by atoms with Gasteiger partial charge >= 0.3 is 0 Å². The van der Waals surface area contributed by atoms with Crippen molar-refractivity contribution in [2.24, 2.45) is 11.8 Å². The zero-order chi connectivity index (χ0) is 14.6. The van der Waals surface area contributed by atoms with E-state index in [1.54, 1.807) is 0 Å². The van der Waals surface area contributed by atoms with E-state index in [1.807, 2.05) is 11.8 Å². The number of nitrogens with two attached hydrogens (primary N) is 1. The predicted octanol–water partition coefficient (Wildman–Crippen LogP) is 2.33. The lowest BCUT2D eigenvalue weighted by atomic mass is 9.75. The van der Waals surface area contributed by atoms with Gasteiger partial charge in [-0.3, -0.25) is 11.3 Å². The van der Waals surface area contributed by atoms with Crippen molar-refractivity contribution in [1.29, 1.82) is 0 Å². The van der Waals surface area contributed by atoms with E-state index in [1.165, 1.54) is 12.2 Å². The molecule has 3 N–H and O–H groups in total. The lowest BCUT2D eigenvalue weighted by Gasteiger charge is -2.46. The molecule has 2 rings (SSSR count). The maximum Gasteiger partial charge on any atom is 0.0820 e. The van der Waals surface area contributed by atoms with Crippen molar-refractivity contribution in [3.05, 3.63) is 0 Å². The van der Waals surface area contributed by atoms with Crippen LogP contribution in [-0.2, 0) is 9.47 Å². The Hall–Kier alpha value is 0.190. The van der Waals surface area contributed by atoms with Gasteiger partial charge in [0.15, 0.2) is 0 Å². The van der Waals surface area contributed by atoms with Gasteiger partial charge in [0.1, 0.15) is 0 Å². The molecule has 0 aliphatic carbocycles. The highest BCUT2D eigenvalue weighted by Gasteiger charge is 2.46. The molecule has 20 heavy (non-hydrogen) atoms. The summed E-state index contributed by atoms with van der Waals surface area (Å²) in [5.41, 5.74) is 2.97. The Kier molecular flexibility index (Phi) is 5.77. The minimum absolute atomic E-state index is 0.101. The Bertz CT molecular complexity index is 310. The average Bonchev–Trinajstić information content (AvgIpc) is 2.88. The molecular weight excluding hydrogens is 272 g/mol. The van der Waals surface area contributed by atoms with Crippen molar-refractivity contribution in [2.75, 3.05) is 24.7 Å². The van der Waals surface area contributed by atoms with Crippen LogP contribution in [0.1, 0.15) is 46.5 Å². The highest BCUT2D eigenvalue weighted by Crippen LogP contribution is 2.43. The minimum Gasteiger partial charge on any atom is -0.374 e. The van der Waals surface area contributed by atoms with Crippen LogP contribution in [-0.4, -0.2) is 42.0 Å². The molecule has 118 valence electrons. The number of nitrogens with one attached hydrogen (secondary N) is 1. The van der Waals surface area contributed by atoms with E-state index in [0.29, 0.717) is 5.92 Å². The third kappa shape index (κ3) is 3.33. The summed E-state index contributed by atoms with van der Waals surface area (Å²) in [4.78, 5) is 0. The van der Waals surface area contributed by atoms with Gasteiger partial charge in [-0.1, -0.05) is 6.92 Å². The Morgan fingerprint density at radius 2 is 2.35 bits per heavy atom. The van der Waals surface area contributed by atoms with Crippen LogP contribution in [0.3, 0.4) is 0 Å². The van der Waals surface area contributed by atoms with Gasteiger partial charge in [-0.05, 0) is 51.2 Å². The molecule has 0 aromatic heterocycles. The number of thioether (sulfide) groups is 1. The number of hydrazine groups is 1. The highest BCUT2D eigenvalue weighted by atomic mass is 32.2. The summed E-state index contributed by atoms with van der Waals surface area (Å²) in [6.07, 6.45) is 4.33. The Labute approximate surface area is 127 Å². The fraction of sp³-hybridized carbons (Fsp3) is 1.00. The molecule has 2 aliphatic rings. The molecule has 4 unspecified atom stereocenters. The summed E-state index contributed by atoms with van der Waals surface area (Å²) in [7, 11) is 0. The van der Waals surface area contributed by atoms with Gasteiger partial charge in [0.2, 0.25) is 0 Å². The van der Waals surface area contributed by atoms with Gasteiger partial charge in [0.25, 0.3) is 0 Å². The van der Waals surface area contributed by atoms with Crippen molar-refractivity contribution in [3.63, 3.8) is 0 Å². The predicted molar refractivity (Wildman–Crippen MR) is 84.8 cm³/mol. The van der Waals surface area contributed by atoms with Crippen LogP contribution in [0.15, 0.2) is 0 Å². The third-order valence-corrected chi connectivity index (χ3v) is 6.31. The van der Waals surface area contributed by atoms with E-state index >= 15 is 0 Å². The molecule has 1 spiro atoms. The molecule has 0 aromatic carbocycles. The van der Waals surface area contributed by atoms with Gasteiger partial charge in [0, 0.05) is 19.0 Å². The largest absolute Gasteiger partial charge is 0.374 e. The van der Waals surface area contributed by atoms with Crippen molar-refractivity contribution in [1.82, 2.24) is 5.43 Å². The topological polar surface area (TPSA) is 56.5 Å². The lowest BCUT2D eigenvalue weighted by molar-refractivity contribution is -0.120. The maximum atomic E-state index is 6.13. The molecule has 0 saturated carbocycles. The summed E-state index contributed by atoms with van der Waals surface area (Å²) < 4.78 is 12.2. The molecule has 0 amide bonds. The first-order chi connectivity index (χ1) is 9.59. The van der Waals surface area contributed by atoms with Crippen LogP contribution in [0.25, 0.3) is 0 Å². The van der Waals surface area contributed by atoms with Gasteiger partial charge in [-0.25, -0.2) is 0 Å². The molecule has 2 heterocycles. The van der Waals surface area contributed by atoms with E-state index in [-0.39, 0.29) is 17.2 Å². The van der Waals surface area contributed by atoms with Crippen LogP contribution in [0, 0.1) is 5.92 Å². The molecule has 2 saturated heterocycles. The second kappa shape index (κ2) is 6.97. The van der Waals surface area contributed by atoms with E-state index in [2.05, 4.69) is 26.2 Å². The minimum atomic E-state index is -0.196. The monoisotopic (exact) mass is 302 g/mol. The highest BCUT2D eigenvalue weighted by molar-refractivity contribution is 7.99. The average molecular weight is 302 g/mol. The molecule has 5 heteroatoms. The van der Waals surface area contributed by atoms with Crippen molar-refractivity contribution < 1.29 is 9.47 Å². The summed E-state index contributed by atoms with van der Waals surface area (Å²) in [5, 5.41) is 0. The SMILES string of the molecule is CCOC(C)(CC)C(NN)C1CCOC2(CCSC2)C1. The van der Waals surface area contributed by atoms with E-state index in [4.69, 9.17) is 15.3 Å². The standard InChI is InChI=1S/C15H30N2O2S/c1-4-14(3,18-5-2)13(17-16)12-6-8-19-15(10-12)7-9-20-11-15/h12-13,17H,4-11,16H2,1-3H3. The number of hydrogen-bond donors (Lipinski definition) is 2. The van der Waals surface area contributed by atoms with Crippen LogP contribution < -0.4 is 11.3 Å². The fourth-order valence-corrected chi connectivity index (χ4v) is 5.14. The van der Waals surface area contributed by atoms with Crippen LogP contribution in [0.5, 0.6) is 0 Å². The van der Waals surface area contributed by atoms with E-state index in [9.17, 15) is 0 Å². The molecule has 4 atom stereocenters. The molecule has 0 bridgehead atoms. The normalized spacial score (nSPS) is 35.1. The fourth-order valence-electron chi connectivity index (χ4n) is 3.77. The van der Waals surface area contributed by atoms with E-state index in [0.717, 1.165) is 38.2 Å². The summed E-state index contributed by atoms with van der Waals surface area (Å²) in [6.45, 7) is 8.01. The van der Waals surface area contributed by atoms with Crippen molar-refractivity contribution >= 4 is 11.8 Å². The molecule has 4 nitrogen and oxygen atoms in total. The quantitative estimate of drug-likeness (QED) is 0.582. The van der Waals surface area contributed by atoms with Crippen molar-refractivity contribution in [3.8, 4) is 0 Å². The molecule has 2 fully saturated rings. The Morgan fingerprint density at radius 3 is 2.90 bits per heavy atom.